The van der Waals surface area contributed by atoms with Crippen LogP contribution in [0.1, 0.15) is 56.9 Å². The highest BCUT2D eigenvalue weighted by Gasteiger charge is 2.40. The Morgan fingerprint density at radius 1 is 1.14 bits per heavy atom. The molecule has 2 N–H and O–H groups in total. The first-order valence-electron chi connectivity index (χ1n) is 12.7. The second-order valence-electron chi connectivity index (χ2n) is 9.87. The van der Waals surface area contributed by atoms with Crippen molar-refractivity contribution in [1.29, 1.82) is 0 Å². The minimum Gasteiger partial charge on any atom is -0.497 e. The zero-order valence-corrected chi connectivity index (χ0v) is 20.6. The Hall–Kier alpha value is -2.91. The Balaban J connectivity index is 1.51. The van der Waals surface area contributed by atoms with Crippen molar-refractivity contribution in [3.05, 3.63) is 35.8 Å². The first-order chi connectivity index (χ1) is 17.5. The van der Waals surface area contributed by atoms with Crippen molar-refractivity contribution < 1.29 is 33.2 Å². The van der Waals surface area contributed by atoms with Crippen LogP contribution in [0.5, 0.6) is 11.5 Å². The van der Waals surface area contributed by atoms with Gasteiger partial charge in [-0.3, -0.25) is 0 Å². The number of ether oxygens (including phenoxy) is 4. The molecule has 1 aromatic carbocycles. The maximum absolute atomic E-state index is 15.7. The van der Waals surface area contributed by atoms with Gasteiger partial charge in [0.1, 0.15) is 17.1 Å². The Labute approximate surface area is 210 Å². The van der Waals surface area contributed by atoms with Gasteiger partial charge in [0, 0.05) is 49.4 Å². The van der Waals surface area contributed by atoms with Crippen molar-refractivity contribution in [2.45, 2.75) is 75.7 Å². The van der Waals surface area contributed by atoms with Crippen LogP contribution in [-0.4, -0.2) is 54.1 Å². The highest BCUT2D eigenvalue weighted by Crippen LogP contribution is 2.39. The standard InChI is InChI=1S/C27H33FN2O6/c1-33-20-13-21(25(28)23(14-20)36-19-6-7-19)22-15-29-24(12-17(22)16-35-18-4-2-3-5-18)30-27(26(31)32)8-10-34-11-9-27/h12-15,18-19H,2-11,16H2,1H3,(H,29,30)(H,31,32). The Kier molecular flexibility index (Phi) is 7.29. The van der Waals surface area contributed by atoms with E-state index < -0.39 is 17.3 Å². The summed E-state index contributed by atoms with van der Waals surface area (Å²) in [5.41, 5.74) is 0.430. The summed E-state index contributed by atoms with van der Waals surface area (Å²) in [6, 6.07) is 4.97. The number of benzene rings is 1. The number of carboxylic acids is 1. The molecule has 1 aromatic heterocycles. The fraction of sp³-hybridized carbons (Fsp3) is 0.556. The first-order valence-corrected chi connectivity index (χ1v) is 12.7. The van der Waals surface area contributed by atoms with Crippen LogP contribution in [0, 0.1) is 5.82 Å². The SMILES string of the molecule is COc1cc(OC2CC2)c(F)c(-c2cnc(NC3(C(=O)O)CCOCC3)cc2COC2CCCC2)c1. The summed E-state index contributed by atoms with van der Waals surface area (Å²) in [4.78, 5) is 16.6. The Morgan fingerprint density at radius 3 is 2.56 bits per heavy atom. The number of hydrogen-bond acceptors (Lipinski definition) is 7. The average Bonchev–Trinajstić information content (AvgIpc) is 3.55. The Morgan fingerprint density at radius 2 is 1.89 bits per heavy atom. The van der Waals surface area contributed by atoms with E-state index in [0.29, 0.717) is 48.7 Å². The first kappa shape index (κ1) is 24.8. The summed E-state index contributed by atoms with van der Waals surface area (Å²) >= 11 is 0. The molecule has 2 aromatic rings. The molecule has 1 aliphatic heterocycles. The molecule has 3 fully saturated rings. The molecule has 0 amide bonds. The normalized spacial score (nSPS) is 19.7. The zero-order valence-electron chi connectivity index (χ0n) is 20.6. The van der Waals surface area contributed by atoms with E-state index in [2.05, 4.69) is 10.3 Å². The van der Waals surface area contributed by atoms with Gasteiger partial charge in [-0.15, -0.1) is 0 Å². The van der Waals surface area contributed by atoms with E-state index in [9.17, 15) is 9.90 Å². The third-order valence-corrected chi connectivity index (χ3v) is 7.25. The Bertz CT molecular complexity index is 1090. The van der Waals surface area contributed by atoms with Crippen LogP contribution >= 0.6 is 0 Å². The summed E-state index contributed by atoms with van der Waals surface area (Å²) in [6.07, 6.45) is 8.50. The predicted molar refractivity (Wildman–Crippen MR) is 131 cm³/mol. The molecular formula is C27H33FN2O6. The van der Waals surface area contributed by atoms with E-state index in [4.69, 9.17) is 18.9 Å². The van der Waals surface area contributed by atoms with Crippen molar-refractivity contribution in [2.75, 3.05) is 25.6 Å². The van der Waals surface area contributed by atoms with Crippen molar-refractivity contribution in [2.24, 2.45) is 0 Å². The number of carboxylic acid groups (broad SMARTS) is 1. The molecule has 8 nitrogen and oxygen atoms in total. The molecule has 0 spiro atoms. The minimum atomic E-state index is -1.16. The number of aliphatic carboxylic acids is 1. The average molecular weight is 501 g/mol. The number of methoxy groups -OCH3 is 1. The van der Waals surface area contributed by atoms with Crippen LogP contribution in [-0.2, 0) is 20.9 Å². The molecule has 0 unspecified atom stereocenters. The van der Waals surface area contributed by atoms with Crippen LogP contribution in [0.15, 0.2) is 24.4 Å². The summed E-state index contributed by atoms with van der Waals surface area (Å²) in [6.45, 7) is 0.970. The minimum absolute atomic E-state index is 0.0287. The number of pyridine rings is 1. The fourth-order valence-corrected chi connectivity index (χ4v) is 4.88. The van der Waals surface area contributed by atoms with Gasteiger partial charge in [0.05, 0.1) is 25.9 Å². The van der Waals surface area contributed by atoms with Crippen LogP contribution in [0.4, 0.5) is 10.2 Å². The van der Waals surface area contributed by atoms with Crippen LogP contribution in [0.3, 0.4) is 0 Å². The summed E-state index contributed by atoms with van der Waals surface area (Å²) in [5, 5.41) is 13.1. The fourth-order valence-electron chi connectivity index (χ4n) is 4.88. The molecule has 2 saturated carbocycles. The van der Waals surface area contributed by atoms with E-state index >= 15 is 4.39 Å². The molecule has 2 aliphatic carbocycles. The van der Waals surface area contributed by atoms with Crippen LogP contribution < -0.4 is 14.8 Å². The number of nitrogens with zero attached hydrogens (tertiary/aromatic N) is 1. The maximum atomic E-state index is 15.7. The van der Waals surface area contributed by atoms with Gasteiger partial charge >= 0.3 is 5.97 Å². The third kappa shape index (κ3) is 5.42. The zero-order chi connectivity index (χ0) is 25.1. The number of carbonyl (C=O) groups is 1. The molecule has 0 atom stereocenters. The van der Waals surface area contributed by atoms with Crippen LogP contribution in [0.25, 0.3) is 11.1 Å². The van der Waals surface area contributed by atoms with E-state index in [-0.39, 0.29) is 24.6 Å². The summed E-state index contributed by atoms with van der Waals surface area (Å²) in [7, 11) is 1.53. The van der Waals surface area contributed by atoms with E-state index in [0.717, 1.165) is 44.1 Å². The monoisotopic (exact) mass is 500 g/mol. The van der Waals surface area contributed by atoms with Gasteiger partial charge in [-0.05, 0) is 43.4 Å². The number of halogens is 1. The highest BCUT2D eigenvalue weighted by atomic mass is 19.1. The number of rotatable bonds is 10. The lowest BCUT2D eigenvalue weighted by molar-refractivity contribution is -0.145. The molecular weight excluding hydrogens is 467 g/mol. The second kappa shape index (κ2) is 10.6. The van der Waals surface area contributed by atoms with Crippen molar-refractivity contribution in [3.8, 4) is 22.6 Å². The largest absolute Gasteiger partial charge is 0.497 e. The quantitative estimate of drug-likeness (QED) is 0.473. The van der Waals surface area contributed by atoms with E-state index in [1.54, 1.807) is 24.4 Å². The molecule has 0 radical (unpaired) electrons. The van der Waals surface area contributed by atoms with Gasteiger partial charge < -0.3 is 29.4 Å². The van der Waals surface area contributed by atoms with E-state index in [1.165, 1.54) is 7.11 Å². The molecule has 9 heteroatoms. The number of aromatic nitrogens is 1. The lowest BCUT2D eigenvalue weighted by Gasteiger charge is -2.34. The summed E-state index contributed by atoms with van der Waals surface area (Å²) in [5.74, 6) is -0.367. The lowest BCUT2D eigenvalue weighted by atomic mass is 9.90. The number of anilines is 1. The van der Waals surface area contributed by atoms with Crippen molar-refractivity contribution >= 4 is 11.8 Å². The second-order valence-corrected chi connectivity index (χ2v) is 9.87. The maximum Gasteiger partial charge on any atom is 0.329 e. The van der Waals surface area contributed by atoms with Gasteiger partial charge in [0.25, 0.3) is 0 Å². The van der Waals surface area contributed by atoms with Gasteiger partial charge in [0.2, 0.25) is 0 Å². The lowest BCUT2D eigenvalue weighted by Crippen LogP contribution is -2.50. The number of nitrogens with one attached hydrogen (secondary N) is 1. The molecule has 194 valence electrons. The number of hydrogen-bond donors (Lipinski definition) is 2. The summed E-state index contributed by atoms with van der Waals surface area (Å²) < 4.78 is 38.5. The van der Waals surface area contributed by atoms with E-state index in [1.807, 2.05) is 0 Å². The van der Waals surface area contributed by atoms with Gasteiger partial charge in [-0.1, -0.05) is 12.8 Å². The molecule has 36 heavy (non-hydrogen) atoms. The topological polar surface area (TPSA) is 99.1 Å². The third-order valence-electron chi connectivity index (χ3n) is 7.25. The molecule has 5 rings (SSSR count). The molecule has 3 aliphatic rings. The van der Waals surface area contributed by atoms with Gasteiger partial charge in [-0.25, -0.2) is 14.2 Å². The molecule has 2 heterocycles. The van der Waals surface area contributed by atoms with Crippen LogP contribution in [0.2, 0.25) is 0 Å². The predicted octanol–water partition coefficient (Wildman–Crippen LogP) is 4.94. The van der Waals surface area contributed by atoms with Gasteiger partial charge in [0.15, 0.2) is 11.6 Å². The smallest absolute Gasteiger partial charge is 0.329 e. The molecule has 1 saturated heterocycles. The molecule has 0 bridgehead atoms. The highest BCUT2D eigenvalue weighted by molar-refractivity contribution is 5.83. The van der Waals surface area contributed by atoms with Gasteiger partial charge in [-0.2, -0.15) is 0 Å². The van der Waals surface area contributed by atoms with Crippen molar-refractivity contribution in [1.82, 2.24) is 4.98 Å². The van der Waals surface area contributed by atoms with Crippen molar-refractivity contribution in [3.63, 3.8) is 0 Å².